The Kier molecular flexibility index (Phi) is 9.67. The van der Waals surface area contributed by atoms with Crippen LogP contribution in [0.1, 0.15) is 118 Å². The summed E-state index contributed by atoms with van der Waals surface area (Å²) in [7, 11) is 0. The van der Waals surface area contributed by atoms with Crippen LogP contribution in [0.3, 0.4) is 0 Å². The second kappa shape index (κ2) is 11.8. The molecule has 0 aromatic rings. The zero-order valence-corrected chi connectivity index (χ0v) is 24.2. The van der Waals surface area contributed by atoms with Crippen molar-refractivity contribution in [1.82, 2.24) is 0 Å². The number of carboxylic acid groups (broad SMARTS) is 1. The lowest BCUT2D eigenvalue weighted by Gasteiger charge is -2.58. The predicted octanol–water partition coefficient (Wildman–Crippen LogP) is 8.23. The fraction of sp³-hybridized carbons (Fsp3) is 0.871. The quantitative estimate of drug-likeness (QED) is 0.244. The second-order valence-corrected chi connectivity index (χ2v) is 13.5. The summed E-state index contributed by atoms with van der Waals surface area (Å²) in [6.07, 6.45) is 16.0. The molecular weight excluding hydrogens is 472 g/mol. The highest BCUT2D eigenvalue weighted by Gasteiger charge is 2.59. The average molecular weight is 523 g/mol. The van der Waals surface area contributed by atoms with Gasteiger partial charge in [0, 0.05) is 6.42 Å². The highest BCUT2D eigenvalue weighted by molar-refractivity contribution is 5.85. The number of halogens is 1. The summed E-state index contributed by atoms with van der Waals surface area (Å²) in [5, 5.41) is 8.84. The lowest BCUT2D eigenvalue weighted by atomic mass is 9.47. The van der Waals surface area contributed by atoms with Crippen LogP contribution in [0, 0.1) is 46.3 Å². The van der Waals surface area contributed by atoms with Gasteiger partial charge in [-0.15, -0.1) is 12.4 Å². The summed E-state index contributed by atoms with van der Waals surface area (Å²) in [6.45, 7) is 12.4. The summed E-state index contributed by atoms with van der Waals surface area (Å²) in [5.41, 5.74) is 2.27. The van der Waals surface area contributed by atoms with Gasteiger partial charge in [-0.2, -0.15) is 0 Å². The lowest BCUT2D eigenvalue weighted by Crippen LogP contribution is -2.51. The van der Waals surface area contributed by atoms with E-state index < -0.39 is 5.97 Å². The molecule has 0 aromatic heterocycles. The number of ether oxygens (including phenoxy) is 1. The van der Waals surface area contributed by atoms with Crippen molar-refractivity contribution in [2.24, 2.45) is 46.3 Å². The zero-order valence-electron chi connectivity index (χ0n) is 23.4. The van der Waals surface area contributed by atoms with Crippen LogP contribution in [0.15, 0.2) is 11.6 Å². The number of aliphatic carboxylic acids is 1. The van der Waals surface area contributed by atoms with E-state index in [-0.39, 0.29) is 42.7 Å². The predicted molar refractivity (Wildman–Crippen MR) is 147 cm³/mol. The molecule has 1 unspecified atom stereocenters. The van der Waals surface area contributed by atoms with Crippen molar-refractivity contribution in [3.05, 3.63) is 11.6 Å². The molecule has 4 rings (SSSR count). The molecule has 0 aromatic carbocycles. The van der Waals surface area contributed by atoms with Crippen LogP contribution in [-0.2, 0) is 14.3 Å². The Morgan fingerprint density at radius 2 is 1.78 bits per heavy atom. The van der Waals surface area contributed by atoms with Crippen molar-refractivity contribution in [2.45, 2.75) is 124 Å². The zero-order chi connectivity index (χ0) is 25.4. The molecule has 0 radical (unpaired) electrons. The first-order valence-electron chi connectivity index (χ1n) is 14.7. The lowest BCUT2D eigenvalue weighted by molar-refractivity contribution is -0.154. The van der Waals surface area contributed by atoms with E-state index in [1.807, 2.05) is 0 Å². The summed E-state index contributed by atoms with van der Waals surface area (Å²) in [4.78, 5) is 22.9. The Morgan fingerprint density at radius 3 is 2.47 bits per heavy atom. The van der Waals surface area contributed by atoms with Gasteiger partial charge in [-0.25, -0.2) is 0 Å². The van der Waals surface area contributed by atoms with Gasteiger partial charge in [0.05, 0.1) is 12.8 Å². The third-order valence-corrected chi connectivity index (χ3v) is 11.1. The van der Waals surface area contributed by atoms with Crippen LogP contribution in [-0.4, -0.2) is 23.1 Å². The third kappa shape index (κ3) is 5.84. The van der Waals surface area contributed by atoms with E-state index in [1.54, 1.807) is 0 Å². The van der Waals surface area contributed by atoms with Gasteiger partial charge < -0.3 is 9.84 Å². The molecule has 0 bridgehead atoms. The van der Waals surface area contributed by atoms with Gasteiger partial charge in [-0.3, -0.25) is 9.59 Å². The highest BCUT2D eigenvalue weighted by atomic mass is 35.5. The Bertz CT molecular complexity index is 821. The van der Waals surface area contributed by atoms with Crippen LogP contribution in [0.25, 0.3) is 0 Å². The normalized spacial score (nSPS) is 38.2. The van der Waals surface area contributed by atoms with Crippen LogP contribution in [0.5, 0.6) is 0 Å². The minimum absolute atomic E-state index is 0. The largest absolute Gasteiger partial charge is 0.481 e. The molecule has 4 aliphatic carbocycles. The molecule has 0 amide bonds. The summed E-state index contributed by atoms with van der Waals surface area (Å²) >= 11 is 0. The molecule has 5 heteroatoms. The van der Waals surface area contributed by atoms with E-state index in [0.717, 1.165) is 54.8 Å². The van der Waals surface area contributed by atoms with Crippen LogP contribution >= 0.6 is 12.4 Å². The van der Waals surface area contributed by atoms with Crippen molar-refractivity contribution < 1.29 is 19.4 Å². The number of hydrogen-bond acceptors (Lipinski definition) is 3. The Hall–Kier alpha value is -1.03. The van der Waals surface area contributed by atoms with Gasteiger partial charge in [0.15, 0.2) is 0 Å². The minimum Gasteiger partial charge on any atom is -0.481 e. The number of carbonyl (C=O) groups excluding carboxylic acids is 1. The van der Waals surface area contributed by atoms with Gasteiger partial charge in [-0.05, 0) is 91.3 Å². The Balaban J connectivity index is 0.00000361. The highest BCUT2D eigenvalue weighted by Crippen LogP contribution is 2.67. The average Bonchev–Trinajstić information content (AvgIpc) is 3.15. The van der Waals surface area contributed by atoms with E-state index in [1.165, 1.54) is 56.9 Å². The van der Waals surface area contributed by atoms with Crippen molar-refractivity contribution in [3.63, 3.8) is 0 Å². The number of rotatable bonds is 9. The van der Waals surface area contributed by atoms with E-state index in [4.69, 9.17) is 9.84 Å². The first kappa shape index (κ1) is 29.5. The Morgan fingerprint density at radius 1 is 1.03 bits per heavy atom. The maximum absolute atomic E-state index is 12.1. The maximum atomic E-state index is 12.1. The van der Waals surface area contributed by atoms with E-state index in [2.05, 4.69) is 40.7 Å². The molecule has 3 saturated carbocycles. The smallest absolute Gasteiger partial charge is 0.306 e. The van der Waals surface area contributed by atoms with Gasteiger partial charge in [0.25, 0.3) is 0 Å². The van der Waals surface area contributed by atoms with E-state index in [0.29, 0.717) is 5.41 Å². The van der Waals surface area contributed by atoms with Crippen LogP contribution in [0.4, 0.5) is 0 Å². The summed E-state index contributed by atoms with van der Waals surface area (Å²) in [6, 6.07) is 0. The second-order valence-electron chi connectivity index (χ2n) is 13.5. The summed E-state index contributed by atoms with van der Waals surface area (Å²) < 4.78 is 5.70. The first-order valence-corrected chi connectivity index (χ1v) is 14.7. The van der Waals surface area contributed by atoms with E-state index >= 15 is 0 Å². The summed E-state index contributed by atoms with van der Waals surface area (Å²) in [5.74, 6) is 3.68. The number of esters is 1. The SMILES string of the molecule is CC(C)CCCC(C)[C@H]1CC[C@H]2[C@@H]3CC=C4C[C@@H](OC(=O)CCC(=O)O)CC[C@]4(C)[C@H]3CC[C@]12C.Cl. The number of hydrogen-bond donors (Lipinski definition) is 1. The van der Waals surface area contributed by atoms with Crippen molar-refractivity contribution in [2.75, 3.05) is 0 Å². The van der Waals surface area contributed by atoms with Crippen molar-refractivity contribution >= 4 is 24.3 Å². The maximum Gasteiger partial charge on any atom is 0.306 e. The third-order valence-electron chi connectivity index (χ3n) is 11.1. The molecule has 0 saturated heterocycles. The fourth-order valence-corrected chi connectivity index (χ4v) is 9.21. The van der Waals surface area contributed by atoms with Gasteiger partial charge in [0.2, 0.25) is 0 Å². The molecule has 0 aliphatic heterocycles. The topological polar surface area (TPSA) is 63.6 Å². The van der Waals surface area contributed by atoms with Crippen LogP contribution < -0.4 is 0 Å². The monoisotopic (exact) mass is 522 g/mol. The van der Waals surface area contributed by atoms with Crippen molar-refractivity contribution in [1.29, 1.82) is 0 Å². The number of carbonyl (C=O) groups is 2. The molecule has 4 nitrogen and oxygen atoms in total. The van der Waals surface area contributed by atoms with E-state index in [9.17, 15) is 9.59 Å². The molecule has 4 aliphatic rings. The standard InChI is InChI=1S/C31H50O4.ClH/c1-20(2)7-6-8-21(3)25-11-12-26-24-10-9-22-19-23(35-29(34)14-13-28(32)33)15-17-30(22,4)27(24)16-18-31(25,26)5;/h9,20-21,23-27H,6-8,10-19H2,1-5H3,(H,32,33);1H/t21?,23-,24-,25+,26-,27-,30-,31+;/m0./s1. The molecule has 1 N–H and O–H groups in total. The molecule has 36 heavy (non-hydrogen) atoms. The molecule has 8 atom stereocenters. The minimum atomic E-state index is -0.942. The molecule has 206 valence electrons. The Labute approximate surface area is 225 Å². The van der Waals surface area contributed by atoms with Gasteiger partial charge >= 0.3 is 11.9 Å². The number of carboxylic acids is 1. The first-order chi connectivity index (χ1) is 16.5. The molecule has 0 spiro atoms. The van der Waals surface area contributed by atoms with Gasteiger partial charge in [0.1, 0.15) is 6.10 Å². The van der Waals surface area contributed by atoms with Gasteiger partial charge in [-0.1, -0.05) is 65.5 Å². The van der Waals surface area contributed by atoms with Crippen LogP contribution in [0.2, 0.25) is 0 Å². The molecule has 3 fully saturated rings. The van der Waals surface area contributed by atoms with Crippen molar-refractivity contribution in [3.8, 4) is 0 Å². The molecular formula is C31H51ClO4. The number of fused-ring (bicyclic) bond motifs is 5. The molecule has 0 heterocycles. The number of allylic oxidation sites excluding steroid dienone is 1. The fourth-order valence-electron chi connectivity index (χ4n) is 9.21.